The molecular weight excluding hydrogens is 319 g/mol. The second kappa shape index (κ2) is 5.79. The minimum Gasteiger partial charge on any atom is -0.495 e. The molecule has 21 heavy (non-hydrogen) atoms. The first-order valence-electron chi connectivity index (χ1n) is 5.75. The largest absolute Gasteiger partial charge is 0.495 e. The van der Waals surface area contributed by atoms with E-state index in [2.05, 4.69) is 4.72 Å². The van der Waals surface area contributed by atoms with Gasteiger partial charge in [0.15, 0.2) is 0 Å². The number of methoxy groups -OCH3 is 1. The Morgan fingerprint density at radius 3 is 2.52 bits per heavy atom. The third kappa shape index (κ3) is 3.37. The Hall–Kier alpha value is -1.99. The van der Waals surface area contributed by atoms with Gasteiger partial charge in [0.1, 0.15) is 11.6 Å². The molecule has 0 radical (unpaired) electrons. The molecule has 0 spiro atoms. The van der Waals surface area contributed by atoms with Gasteiger partial charge in [0.2, 0.25) is 0 Å². The van der Waals surface area contributed by atoms with Crippen LogP contribution in [0.4, 0.5) is 15.8 Å². The van der Waals surface area contributed by atoms with Crippen LogP contribution < -0.4 is 15.2 Å². The summed E-state index contributed by atoms with van der Waals surface area (Å²) in [6, 6.07) is 7.59. The van der Waals surface area contributed by atoms with Crippen LogP contribution in [-0.2, 0) is 10.0 Å². The number of ether oxygens (including phenoxy) is 1. The van der Waals surface area contributed by atoms with Gasteiger partial charge in [0.25, 0.3) is 10.0 Å². The minimum absolute atomic E-state index is 0.145. The molecular formula is C13H12ClFN2O3S. The maximum atomic E-state index is 13.1. The van der Waals surface area contributed by atoms with Gasteiger partial charge in [-0.1, -0.05) is 11.6 Å². The van der Waals surface area contributed by atoms with E-state index >= 15 is 0 Å². The maximum Gasteiger partial charge on any atom is 0.261 e. The van der Waals surface area contributed by atoms with Gasteiger partial charge in [-0.05, 0) is 36.4 Å². The second-order valence-electron chi connectivity index (χ2n) is 4.14. The van der Waals surface area contributed by atoms with Crippen LogP contribution in [0, 0.1) is 5.82 Å². The zero-order valence-corrected chi connectivity index (χ0v) is 12.5. The number of nitrogen functional groups attached to an aromatic ring is 1. The van der Waals surface area contributed by atoms with Crippen LogP contribution in [0.25, 0.3) is 0 Å². The van der Waals surface area contributed by atoms with Crippen molar-refractivity contribution in [2.75, 3.05) is 17.6 Å². The van der Waals surface area contributed by atoms with E-state index in [1.165, 1.54) is 25.3 Å². The fraction of sp³-hybridized carbons (Fsp3) is 0.0769. The number of anilines is 2. The van der Waals surface area contributed by atoms with Crippen LogP contribution in [-0.4, -0.2) is 15.5 Å². The van der Waals surface area contributed by atoms with Crippen molar-refractivity contribution in [2.45, 2.75) is 4.90 Å². The first-order chi connectivity index (χ1) is 9.83. The van der Waals surface area contributed by atoms with Crippen molar-refractivity contribution in [3.05, 3.63) is 47.2 Å². The van der Waals surface area contributed by atoms with Gasteiger partial charge in [-0.2, -0.15) is 0 Å². The fourth-order valence-corrected chi connectivity index (χ4v) is 2.98. The van der Waals surface area contributed by atoms with Crippen LogP contribution in [0.3, 0.4) is 0 Å². The van der Waals surface area contributed by atoms with Gasteiger partial charge in [0.05, 0.1) is 28.4 Å². The summed E-state index contributed by atoms with van der Waals surface area (Å²) in [7, 11) is -2.43. The predicted octanol–water partition coefficient (Wildman–Crippen LogP) is 2.87. The predicted molar refractivity (Wildman–Crippen MR) is 79.6 cm³/mol. The van der Waals surface area contributed by atoms with Crippen molar-refractivity contribution in [3.8, 4) is 5.75 Å². The summed E-state index contributed by atoms with van der Waals surface area (Å²) in [6.07, 6.45) is 0. The molecule has 8 heteroatoms. The molecule has 112 valence electrons. The number of halogens is 2. The second-order valence-corrected chi connectivity index (χ2v) is 6.23. The van der Waals surface area contributed by atoms with Gasteiger partial charge in [0, 0.05) is 0 Å². The van der Waals surface area contributed by atoms with Gasteiger partial charge in [-0.25, -0.2) is 12.8 Å². The number of benzene rings is 2. The summed E-state index contributed by atoms with van der Waals surface area (Å²) in [5.41, 5.74) is 5.38. The van der Waals surface area contributed by atoms with Gasteiger partial charge >= 0.3 is 0 Å². The molecule has 0 aliphatic heterocycles. The molecule has 5 nitrogen and oxygen atoms in total. The lowest BCUT2D eigenvalue weighted by molar-refractivity contribution is 0.415. The molecule has 0 heterocycles. The molecule has 0 saturated carbocycles. The molecule has 2 rings (SSSR count). The molecule has 0 fully saturated rings. The highest BCUT2D eigenvalue weighted by Gasteiger charge is 2.16. The summed E-state index contributed by atoms with van der Waals surface area (Å²) in [6.45, 7) is 0. The Labute approximate surface area is 126 Å². The molecule has 2 aromatic carbocycles. The summed E-state index contributed by atoms with van der Waals surface area (Å²) < 4.78 is 44.7. The van der Waals surface area contributed by atoms with Crippen molar-refractivity contribution in [3.63, 3.8) is 0 Å². The van der Waals surface area contributed by atoms with Gasteiger partial charge < -0.3 is 10.5 Å². The maximum absolute atomic E-state index is 13.1. The van der Waals surface area contributed by atoms with E-state index in [1.54, 1.807) is 0 Å². The summed E-state index contributed by atoms with van der Waals surface area (Å²) in [4.78, 5) is -0.145. The van der Waals surface area contributed by atoms with Crippen LogP contribution in [0.2, 0.25) is 5.02 Å². The standard InChI is InChI=1S/C13H12ClFN2O3S/c1-20-13-5-2-8(6-10(13)14)17-21(18,19)9-3-4-11(15)12(16)7-9/h2-7,17H,16H2,1H3. The van der Waals surface area contributed by atoms with Crippen molar-refractivity contribution < 1.29 is 17.5 Å². The fourth-order valence-electron chi connectivity index (χ4n) is 1.63. The monoisotopic (exact) mass is 330 g/mol. The van der Waals surface area contributed by atoms with Crippen LogP contribution >= 0.6 is 11.6 Å². The van der Waals surface area contributed by atoms with E-state index in [4.69, 9.17) is 22.1 Å². The average Bonchev–Trinajstić information content (AvgIpc) is 2.41. The van der Waals surface area contributed by atoms with E-state index < -0.39 is 15.8 Å². The number of rotatable bonds is 4. The highest BCUT2D eigenvalue weighted by molar-refractivity contribution is 7.92. The van der Waals surface area contributed by atoms with E-state index in [0.717, 1.165) is 18.2 Å². The van der Waals surface area contributed by atoms with E-state index in [9.17, 15) is 12.8 Å². The van der Waals surface area contributed by atoms with E-state index in [-0.39, 0.29) is 21.3 Å². The molecule has 2 aromatic rings. The summed E-state index contributed by atoms with van der Waals surface area (Å²) in [5, 5.41) is 0.260. The molecule has 0 aliphatic rings. The number of hydrogen-bond acceptors (Lipinski definition) is 4. The topological polar surface area (TPSA) is 81.4 Å². The third-order valence-electron chi connectivity index (χ3n) is 2.68. The normalized spacial score (nSPS) is 11.2. The molecule has 0 aliphatic carbocycles. The summed E-state index contributed by atoms with van der Waals surface area (Å²) in [5.74, 6) is -0.257. The van der Waals surface area contributed by atoms with E-state index in [1.807, 2.05) is 0 Å². The number of sulfonamides is 1. The van der Waals surface area contributed by atoms with Crippen LogP contribution in [0.1, 0.15) is 0 Å². The zero-order chi connectivity index (χ0) is 15.6. The number of hydrogen-bond donors (Lipinski definition) is 2. The Kier molecular flexibility index (Phi) is 4.24. The van der Waals surface area contributed by atoms with Crippen molar-refractivity contribution in [1.29, 1.82) is 0 Å². The lowest BCUT2D eigenvalue weighted by atomic mass is 10.3. The quantitative estimate of drug-likeness (QED) is 0.845. The minimum atomic E-state index is -3.89. The van der Waals surface area contributed by atoms with Crippen molar-refractivity contribution >= 4 is 33.0 Å². The lowest BCUT2D eigenvalue weighted by Crippen LogP contribution is -2.13. The third-order valence-corrected chi connectivity index (χ3v) is 4.36. The SMILES string of the molecule is COc1ccc(NS(=O)(=O)c2ccc(F)c(N)c2)cc1Cl. The number of nitrogens with two attached hydrogens (primary N) is 1. The van der Waals surface area contributed by atoms with Gasteiger partial charge in [-0.15, -0.1) is 0 Å². The Morgan fingerprint density at radius 1 is 1.24 bits per heavy atom. The molecule has 0 saturated heterocycles. The molecule has 0 amide bonds. The van der Waals surface area contributed by atoms with Crippen LogP contribution in [0.5, 0.6) is 5.75 Å². The number of nitrogens with one attached hydrogen (secondary N) is 1. The zero-order valence-electron chi connectivity index (χ0n) is 10.9. The highest BCUT2D eigenvalue weighted by atomic mass is 35.5. The van der Waals surface area contributed by atoms with Crippen molar-refractivity contribution in [2.24, 2.45) is 0 Å². The Balaban J connectivity index is 2.32. The smallest absolute Gasteiger partial charge is 0.261 e. The van der Waals surface area contributed by atoms with E-state index in [0.29, 0.717) is 5.75 Å². The van der Waals surface area contributed by atoms with Gasteiger partial charge in [-0.3, -0.25) is 4.72 Å². The Morgan fingerprint density at radius 2 is 1.95 bits per heavy atom. The summed E-state index contributed by atoms with van der Waals surface area (Å²) >= 11 is 5.92. The first kappa shape index (κ1) is 15.4. The van der Waals surface area contributed by atoms with Crippen molar-refractivity contribution in [1.82, 2.24) is 0 Å². The highest BCUT2D eigenvalue weighted by Crippen LogP contribution is 2.28. The molecule has 0 unspecified atom stereocenters. The lowest BCUT2D eigenvalue weighted by Gasteiger charge is -2.10. The average molecular weight is 331 g/mol. The first-order valence-corrected chi connectivity index (χ1v) is 7.61. The molecule has 0 aromatic heterocycles. The molecule has 3 N–H and O–H groups in total. The Bertz CT molecular complexity index is 781. The van der Waals surface area contributed by atoms with Crippen LogP contribution in [0.15, 0.2) is 41.3 Å². The molecule has 0 bridgehead atoms. The molecule has 0 atom stereocenters.